The van der Waals surface area contributed by atoms with E-state index in [1.54, 1.807) is 0 Å². The minimum absolute atomic E-state index is 0.585. The van der Waals surface area contributed by atoms with E-state index in [4.69, 9.17) is 4.74 Å². The molecule has 1 aromatic rings. The van der Waals surface area contributed by atoms with Gasteiger partial charge in [-0.3, -0.25) is 0 Å². The van der Waals surface area contributed by atoms with Gasteiger partial charge in [0.1, 0.15) is 5.75 Å². The number of halogens is 7. The van der Waals surface area contributed by atoms with Crippen LogP contribution in [-0.2, 0) is 9.84 Å². The lowest BCUT2D eigenvalue weighted by molar-refractivity contribution is -0.324. The van der Waals surface area contributed by atoms with Crippen molar-refractivity contribution in [1.82, 2.24) is 0 Å². The lowest BCUT2D eigenvalue weighted by Gasteiger charge is -2.43. The SMILES string of the molecule is C[C@H]1c2c(S(C)(=O)=O)ccc(OC3CC(F)(F)C3(F)F)c2[C@@H](F)C1(F)F. The van der Waals surface area contributed by atoms with Crippen LogP contribution in [0.25, 0.3) is 0 Å². The molecule has 0 bridgehead atoms. The van der Waals surface area contributed by atoms with Crippen LogP contribution in [0.1, 0.15) is 36.6 Å². The molecule has 1 fully saturated rings. The summed E-state index contributed by atoms with van der Waals surface area (Å²) in [6.45, 7) is 0.892. The minimum atomic E-state index is -4.55. The summed E-state index contributed by atoms with van der Waals surface area (Å²) >= 11 is 0. The fraction of sp³-hybridized carbons (Fsp3) is 0.600. The van der Waals surface area contributed by atoms with E-state index in [1.807, 2.05) is 0 Å². The Morgan fingerprint density at radius 1 is 1.08 bits per heavy atom. The Morgan fingerprint density at radius 3 is 2.12 bits per heavy atom. The Kier molecular flexibility index (Phi) is 3.90. The van der Waals surface area contributed by atoms with Crippen molar-refractivity contribution in [2.75, 3.05) is 6.26 Å². The lowest BCUT2D eigenvalue weighted by atomic mass is 9.85. The number of sulfone groups is 1. The maximum absolute atomic E-state index is 14.3. The monoisotopic (exact) mass is 406 g/mol. The molecule has 0 amide bonds. The van der Waals surface area contributed by atoms with Crippen molar-refractivity contribution in [2.45, 2.75) is 54.2 Å². The molecule has 3 rings (SSSR count). The fourth-order valence-electron chi connectivity index (χ4n) is 3.21. The highest BCUT2D eigenvalue weighted by atomic mass is 32.2. The van der Waals surface area contributed by atoms with Crippen LogP contribution in [0, 0.1) is 0 Å². The molecule has 3 nitrogen and oxygen atoms in total. The highest BCUT2D eigenvalue weighted by molar-refractivity contribution is 7.90. The maximum Gasteiger partial charge on any atom is 0.346 e. The molecule has 0 spiro atoms. The summed E-state index contributed by atoms with van der Waals surface area (Å²) in [7, 11) is -4.04. The zero-order valence-corrected chi connectivity index (χ0v) is 14.2. The van der Waals surface area contributed by atoms with Gasteiger partial charge in [0, 0.05) is 11.8 Å². The van der Waals surface area contributed by atoms with Gasteiger partial charge < -0.3 is 4.74 Å². The van der Waals surface area contributed by atoms with Gasteiger partial charge in [0.25, 0.3) is 5.92 Å². The average molecular weight is 406 g/mol. The van der Waals surface area contributed by atoms with Gasteiger partial charge in [0.05, 0.1) is 17.2 Å². The van der Waals surface area contributed by atoms with Gasteiger partial charge >= 0.3 is 11.8 Å². The van der Waals surface area contributed by atoms with Crippen LogP contribution >= 0.6 is 0 Å². The zero-order valence-electron chi connectivity index (χ0n) is 13.4. The number of fused-ring (bicyclic) bond motifs is 1. The van der Waals surface area contributed by atoms with E-state index in [2.05, 4.69) is 0 Å². The number of benzene rings is 1. The first kappa shape index (κ1) is 19.2. The van der Waals surface area contributed by atoms with Crippen LogP contribution in [0.4, 0.5) is 30.7 Å². The number of ether oxygens (including phenoxy) is 1. The molecule has 0 aromatic heterocycles. The Balaban J connectivity index is 2.11. The van der Waals surface area contributed by atoms with Gasteiger partial charge in [-0.05, 0) is 17.7 Å². The van der Waals surface area contributed by atoms with E-state index in [-0.39, 0.29) is 0 Å². The molecule has 0 saturated heterocycles. The Labute approximate surface area is 144 Å². The fourth-order valence-corrected chi connectivity index (χ4v) is 4.21. The highest BCUT2D eigenvalue weighted by Crippen LogP contribution is 2.59. The predicted molar refractivity (Wildman–Crippen MR) is 75.7 cm³/mol. The first-order valence-corrected chi connectivity index (χ1v) is 9.32. The van der Waals surface area contributed by atoms with Crippen LogP contribution in [0.2, 0.25) is 0 Å². The molecule has 1 unspecified atom stereocenters. The summed E-state index contributed by atoms with van der Waals surface area (Å²) in [4.78, 5) is -0.585. The second-order valence-corrected chi connectivity index (χ2v) is 8.54. The van der Waals surface area contributed by atoms with Crippen molar-refractivity contribution >= 4 is 9.84 Å². The Bertz CT molecular complexity index is 866. The van der Waals surface area contributed by atoms with Crippen molar-refractivity contribution in [3.8, 4) is 5.75 Å². The number of hydrogen-bond acceptors (Lipinski definition) is 3. The van der Waals surface area contributed by atoms with E-state index >= 15 is 0 Å². The summed E-state index contributed by atoms with van der Waals surface area (Å²) in [6.07, 6.45) is -5.99. The molecule has 1 saturated carbocycles. The van der Waals surface area contributed by atoms with Gasteiger partial charge in [-0.2, -0.15) is 17.6 Å². The molecule has 0 N–H and O–H groups in total. The smallest absolute Gasteiger partial charge is 0.346 e. The summed E-state index contributed by atoms with van der Waals surface area (Å²) in [5, 5.41) is 0. The largest absolute Gasteiger partial charge is 0.483 e. The molecule has 0 radical (unpaired) electrons. The third-order valence-corrected chi connectivity index (χ3v) is 5.97. The van der Waals surface area contributed by atoms with E-state index in [0.717, 1.165) is 25.3 Å². The van der Waals surface area contributed by atoms with Crippen molar-refractivity contribution < 1.29 is 43.9 Å². The van der Waals surface area contributed by atoms with Crippen LogP contribution in [0.5, 0.6) is 5.75 Å². The molecule has 0 aliphatic heterocycles. The molecule has 26 heavy (non-hydrogen) atoms. The average Bonchev–Trinajstić information content (AvgIpc) is 2.67. The lowest BCUT2D eigenvalue weighted by Crippen LogP contribution is -2.64. The molecule has 2 aliphatic carbocycles. The van der Waals surface area contributed by atoms with Gasteiger partial charge in [-0.1, -0.05) is 6.92 Å². The molecule has 146 valence electrons. The van der Waals surface area contributed by atoms with Crippen LogP contribution in [0.15, 0.2) is 17.0 Å². The molecule has 0 heterocycles. The quantitative estimate of drug-likeness (QED) is 0.704. The predicted octanol–water partition coefficient (Wildman–Crippen LogP) is 4.27. The molecular weight excluding hydrogens is 393 g/mol. The zero-order chi connectivity index (χ0) is 19.9. The van der Waals surface area contributed by atoms with Crippen molar-refractivity contribution in [3.05, 3.63) is 23.3 Å². The third-order valence-electron chi connectivity index (χ3n) is 4.81. The third kappa shape index (κ3) is 2.42. The summed E-state index contributed by atoms with van der Waals surface area (Å²) in [6, 6.07) is 1.56. The number of rotatable bonds is 3. The van der Waals surface area contributed by atoms with Crippen LogP contribution in [0.3, 0.4) is 0 Å². The summed E-state index contributed by atoms with van der Waals surface area (Å²) < 4.78 is 124. The number of alkyl halides is 7. The maximum atomic E-state index is 14.3. The molecule has 1 aromatic carbocycles. The van der Waals surface area contributed by atoms with Crippen molar-refractivity contribution in [1.29, 1.82) is 0 Å². The van der Waals surface area contributed by atoms with Crippen LogP contribution in [-0.4, -0.2) is 38.5 Å². The topological polar surface area (TPSA) is 43.4 Å². The van der Waals surface area contributed by atoms with E-state index in [0.29, 0.717) is 0 Å². The molecule has 3 atom stereocenters. The second kappa shape index (κ2) is 5.26. The van der Waals surface area contributed by atoms with E-state index in [9.17, 15) is 39.2 Å². The van der Waals surface area contributed by atoms with E-state index < -0.39 is 74.0 Å². The van der Waals surface area contributed by atoms with Gasteiger partial charge in [0.2, 0.25) is 0 Å². The summed E-state index contributed by atoms with van der Waals surface area (Å²) in [5.41, 5.74) is -1.48. The number of hydrogen-bond donors (Lipinski definition) is 0. The van der Waals surface area contributed by atoms with Crippen molar-refractivity contribution in [2.24, 2.45) is 0 Å². The van der Waals surface area contributed by atoms with E-state index in [1.165, 1.54) is 0 Å². The molecule has 11 heteroatoms. The normalized spacial score (nSPS) is 31.2. The van der Waals surface area contributed by atoms with Gasteiger partial charge in [-0.15, -0.1) is 0 Å². The standard InChI is InChI=1S/C15H13F7O3S/c1-6-10-8(26(2,23)24)4-3-7(11(10)12(16)14(6,19)20)25-9-5-13(17,18)15(9,21)22/h3-4,6,9,12H,5H2,1-2H3/t6-,9?,12+/m0/s1. The van der Waals surface area contributed by atoms with Crippen LogP contribution < -0.4 is 4.74 Å². The first-order chi connectivity index (χ1) is 11.6. The molecule has 2 aliphatic rings. The first-order valence-electron chi connectivity index (χ1n) is 7.43. The molecular formula is C15H13F7O3S. The second-order valence-electron chi connectivity index (χ2n) is 6.56. The summed E-state index contributed by atoms with van der Waals surface area (Å²) in [5.74, 6) is -15.5. The highest BCUT2D eigenvalue weighted by Gasteiger charge is 2.73. The Morgan fingerprint density at radius 2 is 1.65 bits per heavy atom. The van der Waals surface area contributed by atoms with Gasteiger partial charge in [0.15, 0.2) is 22.1 Å². The van der Waals surface area contributed by atoms with Gasteiger partial charge in [-0.25, -0.2) is 21.6 Å². The minimum Gasteiger partial charge on any atom is -0.483 e. The van der Waals surface area contributed by atoms with Crippen molar-refractivity contribution in [3.63, 3.8) is 0 Å². The Hall–Kier alpha value is -1.52.